The number of carbonyl (C=O) groups is 2. The van der Waals surface area contributed by atoms with Gasteiger partial charge >= 0.3 is 0 Å². The maximum atomic E-state index is 14.0. The van der Waals surface area contributed by atoms with E-state index in [1.807, 2.05) is 6.92 Å². The smallest absolute Gasteiger partial charge is 0.264 e. The average Bonchev–Trinajstić information content (AvgIpc) is 2.97. The molecule has 12 heteroatoms. The third-order valence-corrected chi connectivity index (χ3v) is 8.46. The first kappa shape index (κ1) is 30.1. The number of rotatable bonds is 11. The molecule has 0 bridgehead atoms. The second kappa shape index (κ2) is 13.2. The maximum Gasteiger partial charge on any atom is 0.264 e. The molecule has 4 rings (SSSR count). The lowest BCUT2D eigenvalue weighted by Gasteiger charge is -2.32. The van der Waals surface area contributed by atoms with Gasteiger partial charge in [0.2, 0.25) is 11.8 Å². The van der Waals surface area contributed by atoms with Gasteiger partial charge in [0.15, 0.2) is 11.5 Å². The van der Waals surface area contributed by atoms with Crippen molar-refractivity contribution in [1.82, 2.24) is 10.2 Å². The molecule has 2 amide bonds. The molecule has 0 spiro atoms. The molecule has 0 aliphatic carbocycles. The predicted molar refractivity (Wildman–Crippen MR) is 153 cm³/mol. The molecule has 1 N–H and O–H groups in total. The number of halogens is 2. The number of ether oxygens (including phenoxy) is 2. The van der Waals surface area contributed by atoms with Crippen LogP contribution in [-0.2, 0) is 26.2 Å². The fourth-order valence-corrected chi connectivity index (χ4v) is 5.90. The quantitative estimate of drug-likeness (QED) is 0.349. The zero-order chi connectivity index (χ0) is 29.6. The van der Waals surface area contributed by atoms with Gasteiger partial charge in [-0.05, 0) is 67.4 Å². The summed E-state index contributed by atoms with van der Waals surface area (Å²) in [6, 6.07) is 14.8. The lowest BCUT2D eigenvalue weighted by atomic mass is 10.1. The highest BCUT2D eigenvalue weighted by Crippen LogP contribution is 2.34. The van der Waals surface area contributed by atoms with Gasteiger partial charge in [0.1, 0.15) is 31.6 Å². The molecule has 218 valence electrons. The zero-order valence-electron chi connectivity index (χ0n) is 22.7. The van der Waals surface area contributed by atoms with Crippen molar-refractivity contribution >= 4 is 39.1 Å². The highest BCUT2D eigenvalue weighted by atomic mass is 35.5. The largest absolute Gasteiger partial charge is 0.486 e. The van der Waals surface area contributed by atoms with Crippen molar-refractivity contribution in [3.05, 3.63) is 83.1 Å². The van der Waals surface area contributed by atoms with Crippen molar-refractivity contribution < 1.29 is 31.9 Å². The third-order valence-electron chi connectivity index (χ3n) is 6.45. The Morgan fingerprint density at radius 2 is 1.73 bits per heavy atom. The van der Waals surface area contributed by atoms with Crippen LogP contribution in [0.4, 0.5) is 10.1 Å². The van der Waals surface area contributed by atoms with E-state index in [1.165, 1.54) is 35.2 Å². The number of amides is 2. The average molecular weight is 604 g/mol. The number of anilines is 1. The van der Waals surface area contributed by atoms with E-state index in [2.05, 4.69) is 5.32 Å². The van der Waals surface area contributed by atoms with Gasteiger partial charge < -0.3 is 19.7 Å². The molecule has 0 saturated heterocycles. The number of sulfonamides is 1. The van der Waals surface area contributed by atoms with E-state index in [0.717, 1.165) is 16.4 Å². The fourth-order valence-electron chi connectivity index (χ4n) is 4.26. The standard InChI is InChI=1S/C29H31ClFN3O6S/c1-3-13-32-29(36)20(2)33(18-21-5-4-6-22(30)16-21)28(35)19-34(24-9-7-23(31)8-10-24)41(37,38)25-11-12-26-27(17-25)40-15-14-39-26/h4-12,16-17,20H,3,13-15,18-19H2,1-2H3,(H,32,36)/t20-/m1/s1. The number of benzene rings is 3. The lowest BCUT2D eigenvalue weighted by Crippen LogP contribution is -2.51. The van der Waals surface area contributed by atoms with Gasteiger partial charge in [0.05, 0.1) is 10.6 Å². The van der Waals surface area contributed by atoms with Crippen LogP contribution in [0.3, 0.4) is 0 Å². The van der Waals surface area contributed by atoms with Crippen LogP contribution in [-0.4, -0.2) is 57.5 Å². The summed E-state index contributed by atoms with van der Waals surface area (Å²) >= 11 is 6.15. The summed E-state index contributed by atoms with van der Waals surface area (Å²) in [6.45, 7) is 3.83. The molecule has 1 heterocycles. The number of fused-ring (bicyclic) bond motifs is 1. The lowest BCUT2D eigenvalue weighted by molar-refractivity contribution is -0.139. The molecule has 1 aliphatic heterocycles. The summed E-state index contributed by atoms with van der Waals surface area (Å²) in [6.07, 6.45) is 0.701. The third kappa shape index (κ3) is 7.28. The van der Waals surface area contributed by atoms with Crippen molar-refractivity contribution in [1.29, 1.82) is 0 Å². The Balaban J connectivity index is 1.71. The summed E-state index contributed by atoms with van der Waals surface area (Å²) < 4.78 is 53.7. The Morgan fingerprint density at radius 3 is 2.41 bits per heavy atom. The minimum atomic E-state index is -4.36. The SMILES string of the molecule is CCCNC(=O)[C@@H](C)N(Cc1cccc(Cl)c1)C(=O)CN(c1ccc(F)cc1)S(=O)(=O)c1ccc2c(c1)OCCO2. The first-order valence-corrected chi connectivity index (χ1v) is 14.9. The van der Waals surface area contributed by atoms with E-state index >= 15 is 0 Å². The second-order valence-electron chi connectivity index (χ2n) is 9.41. The summed E-state index contributed by atoms with van der Waals surface area (Å²) in [5.74, 6) is -0.939. The summed E-state index contributed by atoms with van der Waals surface area (Å²) in [4.78, 5) is 28.0. The number of hydrogen-bond acceptors (Lipinski definition) is 6. The van der Waals surface area contributed by atoms with Crippen LogP contribution in [0.15, 0.2) is 71.6 Å². The van der Waals surface area contributed by atoms with Crippen LogP contribution in [0.1, 0.15) is 25.8 Å². The Bertz CT molecular complexity index is 1500. The first-order chi connectivity index (χ1) is 19.6. The van der Waals surface area contributed by atoms with Gasteiger partial charge in [0, 0.05) is 24.2 Å². The van der Waals surface area contributed by atoms with E-state index in [1.54, 1.807) is 31.2 Å². The maximum absolute atomic E-state index is 14.0. The fraction of sp³-hybridized carbons (Fsp3) is 0.310. The molecule has 3 aromatic carbocycles. The molecule has 1 atom stereocenters. The molecule has 9 nitrogen and oxygen atoms in total. The second-order valence-corrected chi connectivity index (χ2v) is 11.7. The van der Waals surface area contributed by atoms with Crippen LogP contribution in [0, 0.1) is 5.82 Å². The molecular formula is C29H31ClFN3O6S. The van der Waals surface area contributed by atoms with Gasteiger partial charge in [0.25, 0.3) is 10.0 Å². The molecule has 41 heavy (non-hydrogen) atoms. The summed E-state index contributed by atoms with van der Waals surface area (Å²) in [5, 5.41) is 3.23. The van der Waals surface area contributed by atoms with Crippen molar-refractivity contribution in [2.75, 3.05) is 30.6 Å². The normalized spacial score (nSPS) is 13.3. The molecule has 3 aromatic rings. The van der Waals surface area contributed by atoms with Crippen molar-refractivity contribution in [3.63, 3.8) is 0 Å². The number of carbonyl (C=O) groups excluding carboxylic acids is 2. The highest BCUT2D eigenvalue weighted by molar-refractivity contribution is 7.92. The number of nitrogens with one attached hydrogen (secondary N) is 1. The monoisotopic (exact) mass is 603 g/mol. The highest BCUT2D eigenvalue weighted by Gasteiger charge is 2.33. The molecule has 0 fully saturated rings. The molecule has 0 aromatic heterocycles. The molecular weight excluding hydrogens is 573 g/mol. The van der Waals surface area contributed by atoms with E-state index in [0.29, 0.717) is 35.9 Å². The number of nitrogens with zero attached hydrogens (tertiary/aromatic N) is 2. The van der Waals surface area contributed by atoms with Gasteiger partial charge in [-0.25, -0.2) is 12.8 Å². The Kier molecular flexibility index (Phi) is 9.72. The van der Waals surface area contributed by atoms with Gasteiger partial charge in [-0.2, -0.15) is 0 Å². The minimum absolute atomic E-state index is 0.00142. The van der Waals surface area contributed by atoms with Crippen molar-refractivity contribution in [2.24, 2.45) is 0 Å². The van der Waals surface area contributed by atoms with E-state index in [4.69, 9.17) is 21.1 Å². The Labute approximate surface area is 243 Å². The van der Waals surface area contributed by atoms with Crippen LogP contribution < -0.4 is 19.1 Å². The van der Waals surface area contributed by atoms with Gasteiger partial charge in [-0.1, -0.05) is 30.7 Å². The van der Waals surface area contributed by atoms with Crippen LogP contribution in [0.2, 0.25) is 5.02 Å². The molecule has 0 unspecified atom stereocenters. The summed E-state index contributed by atoms with van der Waals surface area (Å²) in [7, 11) is -4.36. The number of hydrogen-bond donors (Lipinski definition) is 1. The molecule has 1 aliphatic rings. The van der Waals surface area contributed by atoms with Crippen LogP contribution in [0.25, 0.3) is 0 Å². The first-order valence-electron chi connectivity index (χ1n) is 13.1. The minimum Gasteiger partial charge on any atom is -0.486 e. The van der Waals surface area contributed by atoms with Crippen LogP contribution >= 0.6 is 11.6 Å². The molecule has 0 radical (unpaired) electrons. The van der Waals surface area contributed by atoms with E-state index in [9.17, 15) is 22.4 Å². The van der Waals surface area contributed by atoms with Crippen LogP contribution in [0.5, 0.6) is 11.5 Å². The van der Waals surface area contributed by atoms with Crippen molar-refractivity contribution in [3.8, 4) is 11.5 Å². The topological polar surface area (TPSA) is 105 Å². The van der Waals surface area contributed by atoms with E-state index in [-0.39, 0.29) is 35.4 Å². The molecule has 0 saturated carbocycles. The Hall–Kier alpha value is -3.83. The van der Waals surface area contributed by atoms with Gasteiger partial charge in [-0.3, -0.25) is 13.9 Å². The zero-order valence-corrected chi connectivity index (χ0v) is 24.3. The van der Waals surface area contributed by atoms with Crippen molar-refractivity contribution in [2.45, 2.75) is 37.8 Å². The van der Waals surface area contributed by atoms with E-state index < -0.39 is 34.3 Å². The predicted octanol–water partition coefficient (Wildman–Crippen LogP) is 4.39. The Morgan fingerprint density at radius 1 is 1.02 bits per heavy atom. The summed E-state index contributed by atoms with van der Waals surface area (Å²) in [5.41, 5.74) is 0.726. The van der Waals surface area contributed by atoms with Gasteiger partial charge in [-0.15, -0.1) is 0 Å².